The molecule has 116 valence electrons. The van der Waals surface area contributed by atoms with Gasteiger partial charge in [-0.1, -0.05) is 28.4 Å². The Morgan fingerprint density at radius 3 is 2.82 bits per heavy atom. The second-order valence-corrected chi connectivity index (χ2v) is 6.14. The van der Waals surface area contributed by atoms with Gasteiger partial charge in [0.15, 0.2) is 0 Å². The van der Waals surface area contributed by atoms with Gasteiger partial charge in [0.25, 0.3) is 5.91 Å². The summed E-state index contributed by atoms with van der Waals surface area (Å²) < 4.78 is 1.61. The van der Waals surface area contributed by atoms with Crippen molar-refractivity contribution in [3.8, 4) is 0 Å². The van der Waals surface area contributed by atoms with E-state index in [9.17, 15) is 4.79 Å². The summed E-state index contributed by atoms with van der Waals surface area (Å²) in [5, 5.41) is 8.83. The predicted octanol–water partition coefficient (Wildman–Crippen LogP) is 3.36. The number of hydrogen-bond acceptors (Lipinski definition) is 3. The molecule has 2 aromatic rings. The highest BCUT2D eigenvalue weighted by atomic mass is 35.5. The molecule has 22 heavy (non-hydrogen) atoms. The molecule has 1 aliphatic rings. The molecule has 0 saturated heterocycles. The van der Waals surface area contributed by atoms with Gasteiger partial charge in [-0.15, -0.1) is 5.10 Å². The number of halogens is 2. The first-order chi connectivity index (χ1) is 10.5. The third-order valence-electron chi connectivity index (χ3n) is 4.12. The van der Waals surface area contributed by atoms with Gasteiger partial charge in [-0.2, -0.15) is 0 Å². The first-order valence-corrected chi connectivity index (χ1v) is 7.95. The third kappa shape index (κ3) is 2.48. The molecule has 0 spiro atoms. The molecule has 1 amide bonds. The highest BCUT2D eigenvalue weighted by Gasteiger charge is 2.30. The summed E-state index contributed by atoms with van der Waals surface area (Å²) in [4.78, 5) is 14.6. The molecule has 1 unspecified atom stereocenters. The molecule has 2 heterocycles. The summed E-state index contributed by atoms with van der Waals surface area (Å²) in [5.41, 5.74) is 2.70. The molecule has 1 aromatic heterocycles. The van der Waals surface area contributed by atoms with Gasteiger partial charge < -0.3 is 4.90 Å². The molecule has 5 nitrogen and oxygen atoms in total. The standard InChI is InChI=1S/C15H16Cl2N4O/c1-3-21-14(8-18-19-21)15(22)20-5-4-10-6-12(16)13(17)7-11(10)9(20)2/h6-9H,3-5H2,1-2H3. The fourth-order valence-corrected chi connectivity index (χ4v) is 3.25. The van der Waals surface area contributed by atoms with Gasteiger partial charge >= 0.3 is 0 Å². The molecular formula is C15H16Cl2N4O. The van der Waals surface area contributed by atoms with E-state index in [1.54, 1.807) is 4.68 Å². The Morgan fingerprint density at radius 2 is 2.09 bits per heavy atom. The van der Waals surface area contributed by atoms with Crippen LogP contribution < -0.4 is 0 Å². The lowest BCUT2D eigenvalue weighted by Crippen LogP contribution is -2.39. The fraction of sp³-hybridized carbons (Fsp3) is 0.400. The Kier molecular flexibility index (Phi) is 4.10. The van der Waals surface area contributed by atoms with Crippen LogP contribution in [0.3, 0.4) is 0 Å². The van der Waals surface area contributed by atoms with Crippen molar-refractivity contribution in [1.82, 2.24) is 19.9 Å². The van der Waals surface area contributed by atoms with E-state index in [-0.39, 0.29) is 11.9 Å². The van der Waals surface area contributed by atoms with E-state index in [1.165, 1.54) is 6.20 Å². The number of aryl methyl sites for hydroxylation is 1. The average molecular weight is 339 g/mol. The monoisotopic (exact) mass is 338 g/mol. The lowest BCUT2D eigenvalue weighted by atomic mass is 9.93. The van der Waals surface area contributed by atoms with Crippen LogP contribution in [0.2, 0.25) is 10.0 Å². The van der Waals surface area contributed by atoms with Crippen molar-refractivity contribution in [2.24, 2.45) is 0 Å². The largest absolute Gasteiger partial charge is 0.330 e. The van der Waals surface area contributed by atoms with E-state index in [0.29, 0.717) is 28.8 Å². The van der Waals surface area contributed by atoms with Gasteiger partial charge in [-0.3, -0.25) is 4.79 Å². The number of carbonyl (C=O) groups is 1. The van der Waals surface area contributed by atoms with Crippen LogP contribution in [0.25, 0.3) is 0 Å². The average Bonchev–Trinajstić information content (AvgIpc) is 2.97. The molecule has 0 fully saturated rings. The topological polar surface area (TPSA) is 51.0 Å². The zero-order valence-corrected chi connectivity index (χ0v) is 13.9. The lowest BCUT2D eigenvalue weighted by Gasteiger charge is -2.35. The fourth-order valence-electron chi connectivity index (χ4n) is 2.89. The summed E-state index contributed by atoms with van der Waals surface area (Å²) in [6, 6.07) is 3.69. The second-order valence-electron chi connectivity index (χ2n) is 5.32. The SMILES string of the molecule is CCn1nncc1C(=O)N1CCc2cc(Cl)c(Cl)cc2C1C. The van der Waals surface area contributed by atoms with Crippen molar-refractivity contribution >= 4 is 29.1 Å². The molecule has 0 radical (unpaired) electrons. The second kappa shape index (κ2) is 5.89. The minimum atomic E-state index is -0.0637. The molecule has 1 aliphatic heterocycles. The van der Waals surface area contributed by atoms with Crippen LogP contribution in [-0.2, 0) is 13.0 Å². The molecular weight excluding hydrogens is 323 g/mol. The Bertz CT molecular complexity index is 728. The van der Waals surface area contributed by atoms with E-state index < -0.39 is 0 Å². The Hall–Kier alpha value is -1.59. The van der Waals surface area contributed by atoms with Crippen LogP contribution in [0.1, 0.15) is 41.5 Å². The van der Waals surface area contributed by atoms with Crippen molar-refractivity contribution in [3.63, 3.8) is 0 Å². The zero-order valence-electron chi connectivity index (χ0n) is 12.4. The molecule has 0 N–H and O–H groups in total. The Morgan fingerprint density at radius 1 is 1.36 bits per heavy atom. The quantitative estimate of drug-likeness (QED) is 0.843. The summed E-state index contributed by atoms with van der Waals surface area (Å²) in [6.45, 7) is 5.18. The van der Waals surface area contributed by atoms with Gasteiger partial charge in [0.05, 0.1) is 22.3 Å². The summed E-state index contributed by atoms with van der Waals surface area (Å²) in [5.74, 6) is -0.0592. The number of amides is 1. The van der Waals surface area contributed by atoms with E-state index >= 15 is 0 Å². The number of hydrogen-bond donors (Lipinski definition) is 0. The maximum absolute atomic E-state index is 12.8. The van der Waals surface area contributed by atoms with E-state index in [1.807, 2.05) is 30.9 Å². The maximum atomic E-state index is 12.8. The van der Waals surface area contributed by atoms with E-state index in [2.05, 4.69) is 10.3 Å². The van der Waals surface area contributed by atoms with Crippen molar-refractivity contribution in [3.05, 3.63) is 45.2 Å². The van der Waals surface area contributed by atoms with Gasteiger partial charge in [0.2, 0.25) is 0 Å². The molecule has 7 heteroatoms. The molecule has 1 aromatic carbocycles. The van der Waals surface area contributed by atoms with Gasteiger partial charge in [-0.05, 0) is 43.5 Å². The van der Waals surface area contributed by atoms with Crippen LogP contribution in [0.5, 0.6) is 0 Å². The minimum absolute atomic E-state index is 0.0592. The summed E-state index contributed by atoms with van der Waals surface area (Å²) in [7, 11) is 0. The first kappa shape index (κ1) is 15.3. The number of nitrogens with zero attached hydrogens (tertiary/aromatic N) is 4. The van der Waals surface area contributed by atoms with Crippen LogP contribution in [-0.4, -0.2) is 32.3 Å². The number of rotatable bonds is 2. The Labute approximate surface area is 138 Å². The van der Waals surface area contributed by atoms with Crippen molar-refractivity contribution in [2.75, 3.05) is 6.54 Å². The normalized spacial score (nSPS) is 17.5. The van der Waals surface area contributed by atoms with E-state index in [4.69, 9.17) is 23.2 Å². The molecule has 0 bridgehead atoms. The molecule has 1 atom stereocenters. The maximum Gasteiger partial charge on any atom is 0.274 e. The van der Waals surface area contributed by atoms with Crippen LogP contribution >= 0.6 is 23.2 Å². The van der Waals surface area contributed by atoms with Crippen molar-refractivity contribution < 1.29 is 4.79 Å². The third-order valence-corrected chi connectivity index (χ3v) is 4.84. The first-order valence-electron chi connectivity index (χ1n) is 7.20. The number of benzene rings is 1. The number of fused-ring (bicyclic) bond motifs is 1. The van der Waals surface area contributed by atoms with Gasteiger partial charge in [0, 0.05) is 13.1 Å². The van der Waals surface area contributed by atoms with Crippen LogP contribution in [0.4, 0.5) is 0 Å². The number of carbonyl (C=O) groups excluding carboxylic acids is 1. The lowest BCUT2D eigenvalue weighted by molar-refractivity contribution is 0.0665. The molecule has 3 rings (SSSR count). The zero-order chi connectivity index (χ0) is 15.9. The smallest absolute Gasteiger partial charge is 0.274 e. The van der Waals surface area contributed by atoms with E-state index in [0.717, 1.165) is 17.5 Å². The van der Waals surface area contributed by atoms with Crippen LogP contribution in [0, 0.1) is 0 Å². The van der Waals surface area contributed by atoms with Gasteiger partial charge in [-0.25, -0.2) is 4.68 Å². The highest BCUT2D eigenvalue weighted by molar-refractivity contribution is 6.42. The molecule has 0 aliphatic carbocycles. The van der Waals surface area contributed by atoms with Crippen molar-refractivity contribution in [1.29, 1.82) is 0 Å². The highest BCUT2D eigenvalue weighted by Crippen LogP contribution is 2.35. The minimum Gasteiger partial charge on any atom is -0.330 e. The predicted molar refractivity (Wildman–Crippen MR) is 85.3 cm³/mol. The van der Waals surface area contributed by atoms with Crippen molar-refractivity contribution in [2.45, 2.75) is 32.9 Å². The summed E-state index contributed by atoms with van der Waals surface area (Å²) in [6.07, 6.45) is 2.28. The number of aromatic nitrogens is 3. The Balaban J connectivity index is 1.94. The van der Waals surface area contributed by atoms with Gasteiger partial charge in [0.1, 0.15) is 5.69 Å². The molecule has 0 saturated carbocycles. The van der Waals surface area contributed by atoms with Crippen LogP contribution in [0.15, 0.2) is 18.3 Å². The summed E-state index contributed by atoms with van der Waals surface area (Å²) >= 11 is 12.2.